The zero-order valence-electron chi connectivity index (χ0n) is 12.8. The molecule has 1 fully saturated rings. The lowest BCUT2D eigenvalue weighted by molar-refractivity contribution is 0.0602. The van der Waals surface area contributed by atoms with E-state index in [-0.39, 0.29) is 6.03 Å². The number of carbonyl (C=O) groups excluding carboxylic acids is 2. The molecule has 1 aliphatic heterocycles. The predicted octanol–water partition coefficient (Wildman–Crippen LogP) is 2.98. The van der Waals surface area contributed by atoms with Gasteiger partial charge >= 0.3 is 12.0 Å². The maximum atomic E-state index is 12.4. The SMILES string of the molecule is COC(=O)c1ccccc1NC(=O)N1CC(C)CC(C)C1. The number of urea groups is 1. The first-order valence-corrected chi connectivity index (χ1v) is 7.24. The summed E-state index contributed by atoms with van der Waals surface area (Å²) in [6.07, 6.45) is 1.14. The monoisotopic (exact) mass is 290 g/mol. The minimum atomic E-state index is -0.453. The van der Waals surface area contributed by atoms with Gasteiger partial charge in [-0.1, -0.05) is 26.0 Å². The number of hydrogen-bond donors (Lipinski definition) is 1. The van der Waals surface area contributed by atoms with E-state index in [1.54, 1.807) is 24.3 Å². The first-order chi connectivity index (χ1) is 10.0. The molecule has 0 saturated carbocycles. The van der Waals surface area contributed by atoms with E-state index in [4.69, 9.17) is 4.74 Å². The number of para-hydroxylation sites is 1. The van der Waals surface area contributed by atoms with Gasteiger partial charge in [-0.25, -0.2) is 9.59 Å². The van der Waals surface area contributed by atoms with Crippen molar-refractivity contribution in [3.8, 4) is 0 Å². The summed E-state index contributed by atoms with van der Waals surface area (Å²) in [5.74, 6) is 0.539. The van der Waals surface area contributed by atoms with Crippen molar-refractivity contribution in [2.75, 3.05) is 25.5 Å². The Morgan fingerprint density at radius 1 is 1.19 bits per heavy atom. The number of amides is 2. The van der Waals surface area contributed by atoms with Crippen molar-refractivity contribution in [2.24, 2.45) is 11.8 Å². The Kier molecular flexibility index (Phi) is 4.83. The van der Waals surface area contributed by atoms with Crippen LogP contribution < -0.4 is 5.32 Å². The van der Waals surface area contributed by atoms with Crippen molar-refractivity contribution in [3.63, 3.8) is 0 Å². The molecule has 1 N–H and O–H groups in total. The molecule has 2 unspecified atom stereocenters. The first-order valence-electron chi connectivity index (χ1n) is 7.24. The predicted molar refractivity (Wildman–Crippen MR) is 81.3 cm³/mol. The Bertz CT molecular complexity index is 520. The van der Waals surface area contributed by atoms with Crippen LogP contribution in [0, 0.1) is 11.8 Å². The van der Waals surface area contributed by atoms with Gasteiger partial charge in [-0.05, 0) is 30.4 Å². The van der Waals surface area contributed by atoms with Gasteiger partial charge < -0.3 is 15.0 Å². The topological polar surface area (TPSA) is 58.6 Å². The van der Waals surface area contributed by atoms with Gasteiger partial charge in [-0.3, -0.25) is 0 Å². The number of piperidine rings is 1. The Labute approximate surface area is 125 Å². The molecule has 21 heavy (non-hydrogen) atoms. The minimum Gasteiger partial charge on any atom is -0.465 e. The summed E-state index contributed by atoms with van der Waals surface area (Å²) in [4.78, 5) is 25.9. The molecule has 2 rings (SSSR count). The minimum absolute atomic E-state index is 0.162. The van der Waals surface area contributed by atoms with E-state index >= 15 is 0 Å². The summed E-state index contributed by atoms with van der Waals surface area (Å²) in [6.45, 7) is 5.80. The van der Waals surface area contributed by atoms with Gasteiger partial charge in [0.2, 0.25) is 0 Å². The van der Waals surface area contributed by atoms with Crippen LogP contribution in [0.2, 0.25) is 0 Å². The molecule has 0 aromatic heterocycles. The lowest BCUT2D eigenvalue weighted by Gasteiger charge is -2.35. The Morgan fingerprint density at radius 3 is 2.43 bits per heavy atom. The highest BCUT2D eigenvalue weighted by atomic mass is 16.5. The number of esters is 1. The summed E-state index contributed by atoms with van der Waals surface area (Å²) in [5, 5.41) is 2.82. The third-order valence-corrected chi connectivity index (χ3v) is 3.73. The highest BCUT2D eigenvalue weighted by Gasteiger charge is 2.26. The standard InChI is InChI=1S/C16H22N2O3/c1-11-8-12(2)10-18(9-11)16(20)17-14-7-5-4-6-13(14)15(19)21-3/h4-7,11-12H,8-10H2,1-3H3,(H,17,20). The summed E-state index contributed by atoms with van der Waals surface area (Å²) in [7, 11) is 1.33. The number of rotatable bonds is 2. The van der Waals surface area contributed by atoms with Crippen molar-refractivity contribution in [3.05, 3.63) is 29.8 Å². The average molecular weight is 290 g/mol. The third kappa shape index (κ3) is 3.74. The molecular weight excluding hydrogens is 268 g/mol. The van der Waals surface area contributed by atoms with Gasteiger partial charge in [0.05, 0.1) is 18.4 Å². The molecule has 0 aliphatic carbocycles. The van der Waals surface area contributed by atoms with Crippen LogP contribution in [0.1, 0.15) is 30.6 Å². The Hall–Kier alpha value is -2.04. The molecule has 1 aromatic carbocycles. The van der Waals surface area contributed by atoms with Crippen LogP contribution in [0.5, 0.6) is 0 Å². The molecule has 1 saturated heterocycles. The number of methoxy groups -OCH3 is 1. The fourth-order valence-electron chi connectivity index (χ4n) is 2.90. The van der Waals surface area contributed by atoms with Crippen molar-refractivity contribution in [1.29, 1.82) is 0 Å². The highest BCUT2D eigenvalue weighted by molar-refractivity contribution is 6.00. The quantitative estimate of drug-likeness (QED) is 0.852. The van der Waals surface area contributed by atoms with Gasteiger partial charge in [0.25, 0.3) is 0 Å². The number of nitrogens with zero attached hydrogens (tertiary/aromatic N) is 1. The fraction of sp³-hybridized carbons (Fsp3) is 0.500. The van der Waals surface area contributed by atoms with E-state index in [9.17, 15) is 9.59 Å². The van der Waals surface area contributed by atoms with E-state index in [2.05, 4.69) is 19.2 Å². The van der Waals surface area contributed by atoms with Crippen LogP contribution in [0.4, 0.5) is 10.5 Å². The Balaban J connectivity index is 2.11. The first kappa shape index (κ1) is 15.4. The molecule has 2 atom stereocenters. The number of hydrogen-bond acceptors (Lipinski definition) is 3. The molecule has 0 radical (unpaired) electrons. The molecule has 5 heteroatoms. The van der Waals surface area contributed by atoms with Crippen LogP contribution >= 0.6 is 0 Å². The van der Waals surface area contributed by atoms with Crippen molar-refractivity contribution >= 4 is 17.7 Å². The molecule has 1 aliphatic rings. The second-order valence-electron chi connectivity index (χ2n) is 5.82. The number of carbonyl (C=O) groups is 2. The largest absolute Gasteiger partial charge is 0.465 e. The number of anilines is 1. The zero-order chi connectivity index (χ0) is 15.4. The smallest absolute Gasteiger partial charge is 0.339 e. The van der Waals surface area contributed by atoms with Crippen LogP contribution in [0.25, 0.3) is 0 Å². The number of likely N-dealkylation sites (tertiary alicyclic amines) is 1. The van der Waals surface area contributed by atoms with Crippen molar-refractivity contribution in [1.82, 2.24) is 4.90 Å². The van der Waals surface area contributed by atoms with Crippen LogP contribution in [0.3, 0.4) is 0 Å². The third-order valence-electron chi connectivity index (χ3n) is 3.73. The van der Waals surface area contributed by atoms with Gasteiger partial charge in [-0.15, -0.1) is 0 Å². The van der Waals surface area contributed by atoms with Crippen molar-refractivity contribution < 1.29 is 14.3 Å². The number of nitrogens with one attached hydrogen (secondary N) is 1. The normalized spacial score (nSPS) is 21.8. The summed E-state index contributed by atoms with van der Waals surface area (Å²) >= 11 is 0. The van der Waals surface area contributed by atoms with Gasteiger partial charge in [0, 0.05) is 13.1 Å². The molecule has 0 bridgehead atoms. The van der Waals surface area contributed by atoms with E-state index in [1.165, 1.54) is 7.11 Å². The maximum absolute atomic E-state index is 12.4. The highest BCUT2D eigenvalue weighted by Crippen LogP contribution is 2.22. The summed E-state index contributed by atoms with van der Waals surface area (Å²) in [5.41, 5.74) is 0.853. The van der Waals surface area contributed by atoms with E-state index in [0.29, 0.717) is 23.1 Å². The molecule has 5 nitrogen and oxygen atoms in total. The summed E-state index contributed by atoms with van der Waals surface area (Å²) < 4.78 is 4.73. The van der Waals surface area contributed by atoms with Crippen LogP contribution in [-0.2, 0) is 4.74 Å². The molecule has 1 heterocycles. The van der Waals surface area contributed by atoms with Crippen LogP contribution in [-0.4, -0.2) is 37.1 Å². The van der Waals surface area contributed by atoms with E-state index < -0.39 is 5.97 Å². The molecule has 1 aromatic rings. The van der Waals surface area contributed by atoms with E-state index in [0.717, 1.165) is 19.5 Å². The average Bonchev–Trinajstić information content (AvgIpc) is 2.46. The zero-order valence-corrected chi connectivity index (χ0v) is 12.8. The molecule has 0 spiro atoms. The van der Waals surface area contributed by atoms with Crippen LogP contribution in [0.15, 0.2) is 24.3 Å². The lowest BCUT2D eigenvalue weighted by atomic mass is 9.92. The number of ether oxygens (including phenoxy) is 1. The number of benzene rings is 1. The van der Waals surface area contributed by atoms with Gasteiger partial charge in [0.15, 0.2) is 0 Å². The lowest BCUT2D eigenvalue weighted by Crippen LogP contribution is -2.44. The molecule has 114 valence electrons. The Morgan fingerprint density at radius 2 is 1.81 bits per heavy atom. The van der Waals surface area contributed by atoms with E-state index in [1.807, 2.05) is 4.90 Å². The second-order valence-corrected chi connectivity index (χ2v) is 5.82. The van der Waals surface area contributed by atoms with Gasteiger partial charge in [0.1, 0.15) is 0 Å². The fourth-order valence-corrected chi connectivity index (χ4v) is 2.90. The second kappa shape index (κ2) is 6.61. The maximum Gasteiger partial charge on any atom is 0.339 e. The summed E-state index contributed by atoms with van der Waals surface area (Å²) in [6, 6.07) is 6.71. The molecular formula is C16H22N2O3. The van der Waals surface area contributed by atoms with Gasteiger partial charge in [-0.2, -0.15) is 0 Å². The molecule has 2 amide bonds. The van der Waals surface area contributed by atoms with Crippen molar-refractivity contribution in [2.45, 2.75) is 20.3 Å².